The van der Waals surface area contributed by atoms with Crippen molar-refractivity contribution in [3.05, 3.63) is 48.0 Å². The minimum Gasteiger partial charge on any atom is -0.456 e. The highest BCUT2D eigenvalue weighted by atomic mass is 16.3. The Morgan fingerprint density at radius 2 is 1.80 bits per heavy atom. The van der Waals surface area contributed by atoms with Gasteiger partial charge in [0.15, 0.2) is 5.78 Å². The molecule has 1 aromatic heterocycles. The maximum absolute atomic E-state index is 12.2. The van der Waals surface area contributed by atoms with Crippen molar-refractivity contribution in [1.82, 2.24) is 4.90 Å². The lowest BCUT2D eigenvalue weighted by Gasteiger charge is -2.08. The molecule has 3 heteroatoms. The number of hydrogen-bond acceptors (Lipinski definition) is 3. The first-order chi connectivity index (χ1) is 9.65. The van der Waals surface area contributed by atoms with E-state index in [0.717, 1.165) is 34.0 Å². The van der Waals surface area contributed by atoms with Crippen molar-refractivity contribution in [3.8, 4) is 0 Å². The molecule has 0 aliphatic rings. The monoisotopic (exact) mass is 267 g/mol. The molecule has 0 radical (unpaired) electrons. The summed E-state index contributed by atoms with van der Waals surface area (Å²) < 4.78 is 5.77. The zero-order valence-electron chi connectivity index (χ0n) is 11.7. The van der Waals surface area contributed by atoms with Crippen LogP contribution in [0.15, 0.2) is 46.9 Å². The van der Waals surface area contributed by atoms with Gasteiger partial charge in [-0.05, 0) is 38.4 Å². The highest BCUT2D eigenvalue weighted by Crippen LogP contribution is 2.29. The van der Waals surface area contributed by atoms with Crippen LogP contribution in [0.3, 0.4) is 0 Å². The van der Waals surface area contributed by atoms with Crippen LogP contribution in [0.1, 0.15) is 16.8 Å². The zero-order chi connectivity index (χ0) is 14.1. The smallest absolute Gasteiger partial charge is 0.164 e. The Hall–Kier alpha value is -2.13. The van der Waals surface area contributed by atoms with Crippen molar-refractivity contribution in [2.75, 3.05) is 20.6 Å². The van der Waals surface area contributed by atoms with E-state index >= 15 is 0 Å². The molecule has 0 spiro atoms. The van der Waals surface area contributed by atoms with E-state index in [0.29, 0.717) is 6.42 Å². The van der Waals surface area contributed by atoms with Crippen LogP contribution < -0.4 is 0 Å². The van der Waals surface area contributed by atoms with E-state index in [1.54, 1.807) is 0 Å². The van der Waals surface area contributed by atoms with E-state index < -0.39 is 0 Å². The Kier molecular flexibility index (Phi) is 3.28. The fourth-order valence-corrected chi connectivity index (χ4v) is 2.37. The lowest BCUT2D eigenvalue weighted by Crippen LogP contribution is -2.16. The highest BCUT2D eigenvalue weighted by Gasteiger charge is 2.11. The fraction of sp³-hybridized carbons (Fsp3) is 0.235. The number of furan rings is 1. The lowest BCUT2D eigenvalue weighted by atomic mass is 10.0. The molecule has 0 atom stereocenters. The third kappa shape index (κ3) is 2.32. The Labute approximate surface area is 117 Å². The Morgan fingerprint density at radius 3 is 2.60 bits per heavy atom. The lowest BCUT2D eigenvalue weighted by molar-refractivity contribution is 0.0972. The summed E-state index contributed by atoms with van der Waals surface area (Å²) in [5, 5.41) is 2.07. The number of para-hydroxylation sites is 1. The number of rotatable bonds is 4. The quantitative estimate of drug-likeness (QED) is 0.675. The van der Waals surface area contributed by atoms with Gasteiger partial charge in [0.25, 0.3) is 0 Å². The number of nitrogens with zero attached hydrogens (tertiary/aromatic N) is 1. The fourth-order valence-electron chi connectivity index (χ4n) is 2.37. The summed E-state index contributed by atoms with van der Waals surface area (Å²) in [5.74, 6) is 0.172. The minimum absolute atomic E-state index is 0.172. The molecule has 0 N–H and O–H groups in total. The number of carbonyl (C=O) groups is 1. The molecule has 0 saturated heterocycles. The van der Waals surface area contributed by atoms with Crippen molar-refractivity contribution in [2.45, 2.75) is 6.42 Å². The summed E-state index contributed by atoms with van der Waals surface area (Å²) in [4.78, 5) is 14.2. The van der Waals surface area contributed by atoms with Crippen LogP contribution in [0.4, 0.5) is 0 Å². The van der Waals surface area contributed by atoms with Gasteiger partial charge >= 0.3 is 0 Å². The van der Waals surface area contributed by atoms with Gasteiger partial charge in [0, 0.05) is 29.3 Å². The van der Waals surface area contributed by atoms with Crippen molar-refractivity contribution in [2.24, 2.45) is 0 Å². The number of benzene rings is 2. The van der Waals surface area contributed by atoms with Crippen LogP contribution in [-0.4, -0.2) is 31.3 Å². The molecule has 2 aromatic carbocycles. The molecule has 102 valence electrons. The molecule has 0 saturated carbocycles. The molecular formula is C17H17NO2. The predicted octanol–water partition coefficient (Wildman–Crippen LogP) is 3.72. The summed E-state index contributed by atoms with van der Waals surface area (Å²) in [6.45, 7) is 0.767. The minimum atomic E-state index is 0.172. The van der Waals surface area contributed by atoms with E-state index in [-0.39, 0.29) is 5.78 Å². The third-order valence-electron chi connectivity index (χ3n) is 3.48. The first-order valence-corrected chi connectivity index (χ1v) is 6.74. The van der Waals surface area contributed by atoms with Crippen LogP contribution in [0, 0.1) is 0 Å². The van der Waals surface area contributed by atoms with Gasteiger partial charge in [-0.3, -0.25) is 4.79 Å². The highest BCUT2D eigenvalue weighted by molar-refractivity contribution is 6.08. The normalized spacial score (nSPS) is 11.6. The van der Waals surface area contributed by atoms with Gasteiger partial charge in [0.2, 0.25) is 0 Å². The summed E-state index contributed by atoms with van der Waals surface area (Å²) in [6, 6.07) is 13.6. The van der Waals surface area contributed by atoms with Crippen LogP contribution in [-0.2, 0) is 0 Å². The summed E-state index contributed by atoms with van der Waals surface area (Å²) in [5.41, 5.74) is 2.45. The predicted molar refractivity (Wildman–Crippen MR) is 81.2 cm³/mol. The first kappa shape index (κ1) is 12.9. The standard InChI is InChI=1S/C17H17NO2/c1-18(2)10-9-15(19)12-7-8-17-14(11-12)13-5-3-4-6-16(13)20-17/h3-8,11H,9-10H2,1-2H3. The van der Waals surface area contributed by atoms with E-state index in [4.69, 9.17) is 4.42 Å². The number of fused-ring (bicyclic) bond motifs is 3. The van der Waals surface area contributed by atoms with E-state index in [1.165, 1.54) is 0 Å². The molecule has 0 bridgehead atoms. The Morgan fingerprint density at radius 1 is 1.05 bits per heavy atom. The second-order valence-corrected chi connectivity index (χ2v) is 5.29. The van der Waals surface area contributed by atoms with Crippen LogP contribution >= 0.6 is 0 Å². The van der Waals surface area contributed by atoms with Gasteiger partial charge in [0.05, 0.1) is 0 Å². The molecule has 0 aliphatic heterocycles. The van der Waals surface area contributed by atoms with Gasteiger partial charge < -0.3 is 9.32 Å². The Balaban J connectivity index is 2.01. The zero-order valence-corrected chi connectivity index (χ0v) is 11.7. The summed E-state index contributed by atoms with van der Waals surface area (Å²) in [7, 11) is 3.94. The maximum Gasteiger partial charge on any atom is 0.164 e. The maximum atomic E-state index is 12.2. The van der Waals surface area contributed by atoms with Gasteiger partial charge in [-0.1, -0.05) is 18.2 Å². The molecule has 0 unspecified atom stereocenters. The van der Waals surface area contributed by atoms with Crippen LogP contribution in [0.2, 0.25) is 0 Å². The molecular weight excluding hydrogens is 250 g/mol. The van der Waals surface area contributed by atoms with E-state index in [1.807, 2.05) is 61.5 Å². The van der Waals surface area contributed by atoms with Crippen molar-refractivity contribution < 1.29 is 9.21 Å². The average molecular weight is 267 g/mol. The topological polar surface area (TPSA) is 33.5 Å². The first-order valence-electron chi connectivity index (χ1n) is 6.74. The van der Waals surface area contributed by atoms with Gasteiger partial charge in [-0.15, -0.1) is 0 Å². The SMILES string of the molecule is CN(C)CCC(=O)c1ccc2oc3ccccc3c2c1. The van der Waals surface area contributed by atoms with Crippen LogP contribution in [0.25, 0.3) is 21.9 Å². The molecule has 3 nitrogen and oxygen atoms in total. The number of hydrogen-bond donors (Lipinski definition) is 0. The largest absolute Gasteiger partial charge is 0.456 e. The molecule has 20 heavy (non-hydrogen) atoms. The van der Waals surface area contributed by atoms with Crippen LogP contribution in [0.5, 0.6) is 0 Å². The molecule has 3 rings (SSSR count). The average Bonchev–Trinajstić information content (AvgIpc) is 2.82. The van der Waals surface area contributed by atoms with Gasteiger partial charge in [-0.25, -0.2) is 0 Å². The molecule has 3 aromatic rings. The number of carbonyl (C=O) groups excluding carboxylic acids is 1. The second-order valence-electron chi connectivity index (χ2n) is 5.29. The van der Waals surface area contributed by atoms with Gasteiger partial charge in [0.1, 0.15) is 11.2 Å². The second kappa shape index (κ2) is 5.10. The Bertz CT molecular complexity index is 771. The summed E-state index contributed by atoms with van der Waals surface area (Å²) >= 11 is 0. The summed E-state index contributed by atoms with van der Waals surface area (Å²) in [6.07, 6.45) is 0.536. The van der Waals surface area contributed by atoms with Gasteiger partial charge in [-0.2, -0.15) is 0 Å². The van der Waals surface area contributed by atoms with Crippen molar-refractivity contribution in [1.29, 1.82) is 0 Å². The molecule has 0 fully saturated rings. The van der Waals surface area contributed by atoms with E-state index in [9.17, 15) is 4.79 Å². The third-order valence-corrected chi connectivity index (χ3v) is 3.48. The molecule has 1 heterocycles. The number of Topliss-reactive ketones (excluding diaryl/α,β-unsaturated/α-hetero) is 1. The van der Waals surface area contributed by atoms with E-state index in [2.05, 4.69) is 0 Å². The molecule has 0 aliphatic carbocycles. The van der Waals surface area contributed by atoms with Crippen molar-refractivity contribution >= 4 is 27.7 Å². The van der Waals surface area contributed by atoms with Crippen molar-refractivity contribution in [3.63, 3.8) is 0 Å². The number of ketones is 1. The molecule has 0 amide bonds.